The first kappa shape index (κ1) is 99.3. The molecule has 31 heteroatoms. The van der Waals surface area contributed by atoms with E-state index in [-0.39, 0.29) is 52.5 Å². The van der Waals surface area contributed by atoms with Crippen LogP contribution in [0.3, 0.4) is 0 Å². The van der Waals surface area contributed by atoms with Gasteiger partial charge in [0, 0.05) is 124 Å². The number of para-hydroxylation sites is 2. The second-order valence-electron chi connectivity index (χ2n) is 32.8. The minimum atomic E-state index is -3.62. The molecule has 2 amide bonds. The smallest absolute Gasteiger partial charge is 0.404 e. The topological polar surface area (TPSA) is 258 Å². The Morgan fingerprint density at radius 1 is 0.385 bits per heavy atom. The quantitative estimate of drug-likeness (QED) is 0.0815. The van der Waals surface area contributed by atoms with Gasteiger partial charge in [0.1, 0.15) is 37.9 Å². The van der Waals surface area contributed by atoms with Gasteiger partial charge in [0.2, 0.25) is 17.5 Å². The molecule has 1 aliphatic carbocycles. The van der Waals surface area contributed by atoms with E-state index in [1.165, 1.54) is 0 Å². The van der Waals surface area contributed by atoms with E-state index >= 15 is 0 Å². The fourth-order valence-electron chi connectivity index (χ4n) is 16.6. The third-order valence-electron chi connectivity index (χ3n) is 25.6. The maximum Gasteiger partial charge on any atom is 0.515 e. The minimum absolute atomic E-state index is 0.0209. The highest BCUT2D eigenvalue weighted by Gasteiger charge is 2.58. The maximum atomic E-state index is 13.9. The molecular weight excluding hydrogens is 1560 g/mol. The second kappa shape index (κ2) is 44.1. The first-order chi connectivity index (χ1) is 55.9. The summed E-state index contributed by atoms with van der Waals surface area (Å²) in [6, 6.07) is 18.3. The number of rotatable bonds is 27. The van der Waals surface area contributed by atoms with Crippen molar-refractivity contribution in [3.8, 4) is 11.5 Å². The predicted molar refractivity (Wildman–Crippen MR) is 441 cm³/mol. The van der Waals surface area contributed by atoms with Gasteiger partial charge in [-0.15, -0.1) is 0 Å². The molecule has 11 fully saturated rings. The predicted octanol–water partition coefficient (Wildman–Crippen LogP) is 17.7. The van der Waals surface area contributed by atoms with E-state index in [0.29, 0.717) is 188 Å². The number of methoxy groups -OCH3 is 2. The summed E-state index contributed by atoms with van der Waals surface area (Å²) in [7, 11) is -3.51. The molecule has 1 N–H and O–H groups in total. The summed E-state index contributed by atoms with van der Waals surface area (Å²) in [6.45, 7) is 42.8. The van der Waals surface area contributed by atoms with Crippen LogP contribution in [0.2, 0.25) is 0 Å². The molecule has 10 aliphatic heterocycles. The number of ether oxygens (including phenoxy) is 16. The molecule has 0 atom stereocenters. The summed E-state index contributed by atoms with van der Waals surface area (Å²) >= 11 is 0. The molecule has 0 bridgehead atoms. The zero-order valence-corrected chi connectivity index (χ0v) is 75.8. The standard InChI is InChI=1S/C23H30NO5P.C15H30NO5P.C14H26N2O3.C12H20F2O2.C11H20O4.C11H22O4/c1-3-22(4-2)19-26-23(29-22)15-17-24(18-16-23)30(25,27-20-11-7-5-8-12-20)28-21-13-9-6-10-14-21;1-5-14(6-2)13-18-15(21-14)9-11-16(12-10-15)22(17,19-7-3)20-8-4;1-4-13(5-2)11-18-14(19-13)7-9-16(10-8-14)12(17)15-6-3;1-3-10(4-2)9-15-12(16-10)7-5-11(13,14)6-8-12;1-3-10(4-2)7-14-11(15-10)8-12-5-6-13-9-11;1-5-10(6-2)7-14-11(15-10,8-12-3)9-13-4/h5-14H,3-4,15-19H2,1-2H3;5-13H2,1-4H3;4-11H2,1-3H3,(H,15,17);3-9H2,1-2H3;3-9H2,1-2H3;5-9H2,1-4H3. The van der Waals surface area contributed by atoms with E-state index in [1.54, 1.807) is 43.2 Å². The van der Waals surface area contributed by atoms with Crippen LogP contribution in [-0.2, 0) is 94.0 Å². The van der Waals surface area contributed by atoms with Gasteiger partial charge < -0.3 is 95.1 Å². The highest BCUT2D eigenvalue weighted by molar-refractivity contribution is 7.52. The van der Waals surface area contributed by atoms with Gasteiger partial charge in [0.05, 0.1) is 99.7 Å². The SMILES string of the molecule is CCC1(CC)COC(COC)(COC)O1.CCC1(CC)COC2(CCC(F)(F)CC2)O1.CCC1(CC)COC2(CCN(P(=O)(Oc3ccccc3)Oc3ccccc3)CC2)O1.CCC1(CC)COC2(COCCOC2)O1.CCNC(=O)N1CCC2(CC1)OCC(CC)(CC)O2.CCOP(=O)(OCC)N1CCC2(CC1)OCC(CC)(CC)O2. The fourth-order valence-corrected chi connectivity index (χ4v) is 20.1. The van der Waals surface area contributed by atoms with Crippen molar-refractivity contribution < 1.29 is 117 Å². The van der Waals surface area contributed by atoms with Gasteiger partial charge in [0.25, 0.3) is 0 Å². The van der Waals surface area contributed by atoms with Gasteiger partial charge in [-0.25, -0.2) is 27.4 Å². The van der Waals surface area contributed by atoms with Crippen LogP contribution in [0.25, 0.3) is 0 Å². The third-order valence-corrected chi connectivity index (χ3v) is 29.8. The number of piperidine rings is 3. The van der Waals surface area contributed by atoms with Crippen molar-refractivity contribution in [2.75, 3.05) is 153 Å². The van der Waals surface area contributed by atoms with Gasteiger partial charge in [-0.05, 0) is 122 Å². The summed E-state index contributed by atoms with van der Waals surface area (Å²) in [5.41, 5.74) is -1.05. The van der Waals surface area contributed by atoms with Crippen LogP contribution < -0.4 is 14.4 Å². The van der Waals surface area contributed by atoms with Gasteiger partial charge >= 0.3 is 21.5 Å². The Morgan fingerprint density at radius 3 is 0.991 bits per heavy atom. The number of carbonyl (C=O) groups is 1. The first-order valence-electron chi connectivity index (χ1n) is 44.0. The lowest BCUT2D eigenvalue weighted by Gasteiger charge is -2.40. The number of likely N-dealkylation sites (tertiary alicyclic amines) is 1. The van der Waals surface area contributed by atoms with Gasteiger partial charge in [-0.1, -0.05) is 119 Å². The van der Waals surface area contributed by atoms with Crippen LogP contribution >= 0.6 is 15.5 Å². The summed E-state index contributed by atoms with van der Waals surface area (Å²) in [6.07, 6.45) is 15.8. The maximum absolute atomic E-state index is 13.9. The molecule has 0 unspecified atom stereocenters. The Kier molecular flexibility index (Phi) is 37.4. The number of urea groups is 1. The summed E-state index contributed by atoms with van der Waals surface area (Å²) in [4.78, 5) is 13.6. The van der Waals surface area contributed by atoms with Crippen LogP contribution in [0, 0.1) is 0 Å². The average molecular weight is 1710 g/mol. The number of carbonyl (C=O) groups excluding carboxylic acids is 1. The van der Waals surface area contributed by atoms with E-state index in [9.17, 15) is 22.7 Å². The normalized spacial score (nSPS) is 25.0. The fraction of sp³-hybridized carbons (Fsp3) is 0.849. The van der Waals surface area contributed by atoms with Crippen LogP contribution in [-0.4, -0.2) is 247 Å². The van der Waals surface area contributed by atoms with Gasteiger partial charge in [-0.2, -0.15) is 4.67 Å². The Balaban J connectivity index is 0.000000179. The molecule has 27 nitrogen and oxygen atoms in total. The number of benzene rings is 2. The van der Waals surface area contributed by atoms with Crippen LogP contribution in [0.4, 0.5) is 13.6 Å². The van der Waals surface area contributed by atoms with Crippen molar-refractivity contribution in [1.29, 1.82) is 0 Å². The Bertz CT molecular complexity index is 3200. The average Bonchev–Trinajstić information content (AvgIpc) is 1.68. The summed E-state index contributed by atoms with van der Waals surface area (Å²) in [5, 5.41) is 2.84. The largest absolute Gasteiger partial charge is 0.515 e. The van der Waals surface area contributed by atoms with Crippen molar-refractivity contribution >= 4 is 21.5 Å². The van der Waals surface area contributed by atoms with Crippen molar-refractivity contribution in [1.82, 2.24) is 19.6 Å². The van der Waals surface area contributed by atoms with Crippen LogP contribution in [0.15, 0.2) is 60.7 Å². The molecule has 5 spiro atoms. The molecule has 10 saturated heterocycles. The van der Waals surface area contributed by atoms with Gasteiger partial charge in [-0.3, -0.25) is 9.05 Å². The number of nitrogens with zero attached hydrogens (tertiary/aromatic N) is 3. The van der Waals surface area contributed by atoms with Crippen molar-refractivity contribution in [3.05, 3.63) is 60.7 Å². The zero-order chi connectivity index (χ0) is 85.3. The number of alkyl halides is 2. The number of halogens is 2. The molecule has 0 aromatic heterocycles. The molecule has 2 aromatic rings. The van der Waals surface area contributed by atoms with E-state index in [1.807, 2.05) is 66.7 Å². The second-order valence-corrected chi connectivity index (χ2v) is 36.7. The first-order valence-corrected chi connectivity index (χ1v) is 47.0. The van der Waals surface area contributed by atoms with E-state index in [2.05, 4.69) is 88.4 Å². The molecule has 674 valence electrons. The van der Waals surface area contributed by atoms with Gasteiger partial charge in [0.15, 0.2) is 23.1 Å². The molecule has 1 saturated carbocycles. The summed E-state index contributed by atoms with van der Waals surface area (Å²) in [5.74, 6) is -5.15. The zero-order valence-electron chi connectivity index (χ0n) is 74.1. The lowest BCUT2D eigenvalue weighted by molar-refractivity contribution is -0.236. The number of nitrogens with one attached hydrogen (secondary N) is 1. The highest BCUT2D eigenvalue weighted by atomic mass is 31.2. The molecule has 13 rings (SSSR count). The Morgan fingerprint density at radius 2 is 0.684 bits per heavy atom. The molecule has 2 aromatic carbocycles. The summed E-state index contributed by atoms with van der Waals surface area (Å²) < 4.78 is 173. The lowest BCUT2D eigenvalue weighted by atomic mass is 9.90. The number of hydrogen-bond acceptors (Lipinski definition) is 23. The molecule has 0 radical (unpaired) electrons. The van der Waals surface area contributed by atoms with Crippen molar-refractivity contribution in [2.45, 2.75) is 319 Å². The molecule has 10 heterocycles. The number of hydrogen-bond donors (Lipinski definition) is 1. The van der Waals surface area contributed by atoms with Crippen LogP contribution in [0.5, 0.6) is 11.5 Å². The highest BCUT2D eigenvalue weighted by Crippen LogP contribution is 2.58. The van der Waals surface area contributed by atoms with E-state index < -0.39 is 56.1 Å². The Hall–Kier alpha value is -3.17. The monoisotopic (exact) mass is 1700 g/mol. The molecular formula is C86H148F2N4O23P2. The third kappa shape index (κ3) is 25.6. The number of amides is 2. The molecule has 11 aliphatic rings. The minimum Gasteiger partial charge on any atom is -0.404 e. The van der Waals surface area contributed by atoms with E-state index in [4.69, 9.17) is 93.9 Å². The Labute approximate surface area is 698 Å². The van der Waals surface area contributed by atoms with Crippen molar-refractivity contribution in [2.24, 2.45) is 0 Å². The van der Waals surface area contributed by atoms with Crippen molar-refractivity contribution in [3.63, 3.8) is 0 Å². The van der Waals surface area contributed by atoms with E-state index in [0.717, 1.165) is 89.9 Å². The van der Waals surface area contributed by atoms with Crippen LogP contribution in [0.1, 0.15) is 245 Å². The molecule has 117 heavy (non-hydrogen) atoms. The lowest BCUT2D eigenvalue weighted by Crippen LogP contribution is -2.51.